The van der Waals surface area contributed by atoms with Crippen LogP contribution in [0, 0.1) is 0 Å². The molecular weight excluding hydrogens is 364 g/mol. The highest BCUT2D eigenvalue weighted by molar-refractivity contribution is 6.29. The Morgan fingerprint density at radius 2 is 1.70 bits per heavy atom. The maximum Gasteiger partial charge on any atom is 0.340 e. The molecule has 1 N–H and O–H groups in total. The molecule has 3 rings (SSSR count). The lowest BCUT2D eigenvalue weighted by Crippen LogP contribution is -2.30. The van der Waals surface area contributed by atoms with Gasteiger partial charge < -0.3 is 10.1 Å². The summed E-state index contributed by atoms with van der Waals surface area (Å²) in [4.78, 5) is 28.4. The first-order chi connectivity index (χ1) is 13.0. The van der Waals surface area contributed by atoms with E-state index < -0.39 is 18.0 Å². The molecule has 1 unspecified atom stereocenters. The first kappa shape index (κ1) is 18.6. The predicted molar refractivity (Wildman–Crippen MR) is 105 cm³/mol. The number of esters is 1. The van der Waals surface area contributed by atoms with E-state index in [1.807, 2.05) is 48.5 Å². The number of ether oxygens (including phenoxy) is 1. The van der Waals surface area contributed by atoms with Crippen LogP contribution >= 0.6 is 11.6 Å². The maximum absolute atomic E-state index is 12.5. The Kier molecular flexibility index (Phi) is 5.84. The molecule has 0 aliphatic rings. The number of hydrogen-bond acceptors (Lipinski definition) is 4. The molecule has 1 atom stereocenters. The van der Waals surface area contributed by atoms with Crippen LogP contribution < -0.4 is 5.32 Å². The van der Waals surface area contributed by atoms with Gasteiger partial charge in [0.2, 0.25) is 0 Å². The lowest BCUT2D eigenvalue weighted by atomic mass is 10.0. The summed E-state index contributed by atoms with van der Waals surface area (Å²) >= 11 is 5.70. The minimum absolute atomic E-state index is 0.226. The number of carbonyl (C=O) groups is 2. The molecule has 0 radical (unpaired) electrons. The number of rotatable bonds is 5. The monoisotopic (exact) mass is 380 g/mol. The number of nitrogens with one attached hydrogen (secondary N) is 1. The number of anilines is 1. The molecule has 0 fully saturated rings. The summed E-state index contributed by atoms with van der Waals surface area (Å²) in [5, 5.41) is 3.09. The number of halogens is 1. The number of carbonyl (C=O) groups excluding carboxylic acids is 2. The fraction of sp³-hybridized carbons (Fsp3) is 0.0952. The lowest BCUT2D eigenvalue weighted by Gasteiger charge is -2.16. The standard InChI is InChI=1S/C21H17ClN2O3/c1-14(27-21(26)16-11-12-19(22)23-13-16)20(25)24-18-10-6-5-9-17(18)15-7-3-2-4-8-15/h2-14H,1H3,(H,24,25). The van der Waals surface area contributed by atoms with Crippen molar-refractivity contribution in [2.45, 2.75) is 13.0 Å². The molecule has 136 valence electrons. The zero-order chi connectivity index (χ0) is 19.2. The van der Waals surface area contributed by atoms with Gasteiger partial charge in [0.15, 0.2) is 6.10 Å². The molecule has 1 amide bonds. The number of nitrogens with zero attached hydrogens (tertiary/aromatic N) is 1. The average Bonchev–Trinajstić information content (AvgIpc) is 2.69. The fourth-order valence-electron chi connectivity index (χ4n) is 2.47. The summed E-state index contributed by atoms with van der Waals surface area (Å²) in [6.45, 7) is 1.52. The van der Waals surface area contributed by atoms with Crippen molar-refractivity contribution in [3.63, 3.8) is 0 Å². The number of aromatic nitrogens is 1. The van der Waals surface area contributed by atoms with Gasteiger partial charge in [-0.2, -0.15) is 0 Å². The summed E-state index contributed by atoms with van der Waals surface area (Å²) in [7, 11) is 0. The molecule has 0 saturated carbocycles. The normalized spacial score (nSPS) is 11.5. The van der Waals surface area contributed by atoms with Crippen LogP contribution in [0.3, 0.4) is 0 Å². The minimum Gasteiger partial charge on any atom is -0.449 e. The number of pyridine rings is 1. The molecule has 0 spiro atoms. The van der Waals surface area contributed by atoms with Crippen molar-refractivity contribution in [1.29, 1.82) is 0 Å². The molecule has 0 aliphatic carbocycles. The highest BCUT2D eigenvalue weighted by Crippen LogP contribution is 2.27. The van der Waals surface area contributed by atoms with E-state index >= 15 is 0 Å². The summed E-state index contributed by atoms with van der Waals surface area (Å²) in [5.74, 6) is -1.06. The van der Waals surface area contributed by atoms with Gasteiger partial charge in [-0.3, -0.25) is 4.79 Å². The van der Waals surface area contributed by atoms with Gasteiger partial charge in [-0.1, -0.05) is 60.1 Å². The van der Waals surface area contributed by atoms with Crippen molar-refractivity contribution in [2.24, 2.45) is 0 Å². The number of hydrogen-bond donors (Lipinski definition) is 1. The van der Waals surface area contributed by atoms with E-state index in [0.29, 0.717) is 5.69 Å². The summed E-state index contributed by atoms with van der Waals surface area (Å²) in [6.07, 6.45) is 0.331. The van der Waals surface area contributed by atoms with Crippen LogP contribution in [0.2, 0.25) is 5.15 Å². The summed E-state index contributed by atoms with van der Waals surface area (Å²) < 4.78 is 5.22. The maximum atomic E-state index is 12.5. The number of benzene rings is 2. The molecule has 27 heavy (non-hydrogen) atoms. The first-order valence-corrected chi connectivity index (χ1v) is 8.70. The van der Waals surface area contributed by atoms with Crippen molar-refractivity contribution in [3.05, 3.63) is 83.6 Å². The molecule has 5 nitrogen and oxygen atoms in total. The van der Waals surface area contributed by atoms with Gasteiger partial charge in [0.05, 0.1) is 5.56 Å². The van der Waals surface area contributed by atoms with E-state index in [1.54, 1.807) is 6.07 Å². The summed E-state index contributed by atoms with van der Waals surface area (Å²) in [6, 6.07) is 20.1. The van der Waals surface area contributed by atoms with Gasteiger partial charge in [-0.15, -0.1) is 0 Å². The van der Waals surface area contributed by atoms with E-state index in [4.69, 9.17) is 16.3 Å². The Bertz CT molecular complexity index is 943. The third kappa shape index (κ3) is 4.71. The molecule has 6 heteroatoms. The van der Waals surface area contributed by atoms with Crippen molar-refractivity contribution >= 4 is 29.2 Å². The minimum atomic E-state index is -0.975. The van der Waals surface area contributed by atoms with Gasteiger partial charge in [0.1, 0.15) is 5.15 Å². The zero-order valence-corrected chi connectivity index (χ0v) is 15.3. The molecule has 0 aliphatic heterocycles. The van der Waals surface area contributed by atoms with Gasteiger partial charge in [0.25, 0.3) is 5.91 Å². The molecule has 3 aromatic rings. The van der Waals surface area contributed by atoms with Crippen LogP contribution in [0.4, 0.5) is 5.69 Å². The number of amides is 1. The van der Waals surface area contributed by atoms with Gasteiger partial charge >= 0.3 is 5.97 Å². The number of para-hydroxylation sites is 1. The van der Waals surface area contributed by atoms with E-state index in [1.165, 1.54) is 25.3 Å². The van der Waals surface area contributed by atoms with Crippen molar-refractivity contribution in [3.8, 4) is 11.1 Å². The van der Waals surface area contributed by atoms with Gasteiger partial charge in [-0.05, 0) is 30.7 Å². The van der Waals surface area contributed by atoms with Crippen molar-refractivity contribution in [1.82, 2.24) is 4.98 Å². The van der Waals surface area contributed by atoms with E-state index in [0.717, 1.165) is 11.1 Å². The molecule has 1 aromatic heterocycles. The molecule has 2 aromatic carbocycles. The Hall–Kier alpha value is -3.18. The second-order valence-electron chi connectivity index (χ2n) is 5.82. The van der Waals surface area contributed by atoms with Crippen molar-refractivity contribution in [2.75, 3.05) is 5.32 Å². The Balaban J connectivity index is 1.70. The Morgan fingerprint density at radius 3 is 2.41 bits per heavy atom. The molecular formula is C21H17ClN2O3. The third-order valence-corrected chi connectivity index (χ3v) is 4.11. The molecule has 0 bridgehead atoms. The second-order valence-corrected chi connectivity index (χ2v) is 6.21. The van der Waals surface area contributed by atoms with E-state index in [9.17, 15) is 9.59 Å². The second kappa shape index (κ2) is 8.47. The van der Waals surface area contributed by atoms with E-state index in [2.05, 4.69) is 10.3 Å². The largest absolute Gasteiger partial charge is 0.449 e. The lowest BCUT2D eigenvalue weighted by molar-refractivity contribution is -0.123. The van der Waals surface area contributed by atoms with Crippen LogP contribution in [0.5, 0.6) is 0 Å². The van der Waals surface area contributed by atoms with Crippen LogP contribution in [0.25, 0.3) is 11.1 Å². The van der Waals surface area contributed by atoms with Crippen LogP contribution in [-0.2, 0) is 9.53 Å². The highest BCUT2D eigenvalue weighted by Gasteiger charge is 2.20. The van der Waals surface area contributed by atoms with Crippen LogP contribution in [0.15, 0.2) is 72.9 Å². The zero-order valence-electron chi connectivity index (χ0n) is 14.6. The Morgan fingerprint density at radius 1 is 1.00 bits per heavy atom. The fourth-order valence-corrected chi connectivity index (χ4v) is 2.59. The topological polar surface area (TPSA) is 68.3 Å². The summed E-state index contributed by atoms with van der Waals surface area (Å²) in [5.41, 5.74) is 2.73. The van der Waals surface area contributed by atoms with E-state index in [-0.39, 0.29) is 10.7 Å². The average molecular weight is 381 g/mol. The molecule has 0 saturated heterocycles. The molecule has 1 heterocycles. The first-order valence-electron chi connectivity index (χ1n) is 8.32. The Labute approximate surface area is 162 Å². The van der Waals surface area contributed by atoms with Crippen molar-refractivity contribution < 1.29 is 14.3 Å². The third-order valence-electron chi connectivity index (χ3n) is 3.89. The smallest absolute Gasteiger partial charge is 0.340 e. The van der Waals surface area contributed by atoms with Gasteiger partial charge in [0, 0.05) is 17.4 Å². The van der Waals surface area contributed by atoms with Crippen LogP contribution in [0.1, 0.15) is 17.3 Å². The predicted octanol–water partition coefficient (Wildman–Crippen LogP) is 4.59. The van der Waals surface area contributed by atoms with Gasteiger partial charge in [-0.25, -0.2) is 9.78 Å². The highest BCUT2D eigenvalue weighted by atomic mass is 35.5. The SMILES string of the molecule is CC(OC(=O)c1ccc(Cl)nc1)C(=O)Nc1ccccc1-c1ccccc1. The van der Waals surface area contributed by atoms with Crippen LogP contribution in [-0.4, -0.2) is 23.0 Å². The quantitative estimate of drug-likeness (QED) is 0.519.